The molecule has 16 heavy (non-hydrogen) atoms. The number of rotatable bonds is 2. The Morgan fingerprint density at radius 2 is 2.31 bits per heavy atom. The predicted molar refractivity (Wildman–Crippen MR) is 70.1 cm³/mol. The van der Waals surface area contributed by atoms with Gasteiger partial charge in [-0.3, -0.25) is 0 Å². The van der Waals surface area contributed by atoms with Crippen molar-refractivity contribution < 1.29 is 4.74 Å². The first-order chi connectivity index (χ1) is 7.81. The minimum atomic E-state index is 0.310. The standard InChI is InChI=1S/C12H16BrNOS/c13-11-4-3-10(16-11)12(7-15-8-12)9-2-1-5-14-6-9/h3-4,9,14H,1-2,5-8H2. The van der Waals surface area contributed by atoms with E-state index in [9.17, 15) is 0 Å². The van der Waals surface area contributed by atoms with Crippen LogP contribution in [0.25, 0.3) is 0 Å². The summed E-state index contributed by atoms with van der Waals surface area (Å²) in [6.45, 7) is 4.15. The first kappa shape index (κ1) is 11.2. The Bertz CT molecular complexity index is 369. The number of thiophene rings is 1. The van der Waals surface area contributed by atoms with Crippen LogP contribution in [0.3, 0.4) is 0 Å². The van der Waals surface area contributed by atoms with Gasteiger partial charge >= 0.3 is 0 Å². The molecule has 0 spiro atoms. The van der Waals surface area contributed by atoms with E-state index < -0.39 is 0 Å². The van der Waals surface area contributed by atoms with Gasteiger partial charge in [0.25, 0.3) is 0 Å². The molecule has 1 atom stereocenters. The van der Waals surface area contributed by atoms with Crippen molar-refractivity contribution in [3.05, 3.63) is 20.8 Å². The van der Waals surface area contributed by atoms with E-state index in [0.29, 0.717) is 5.41 Å². The summed E-state index contributed by atoms with van der Waals surface area (Å²) in [5.74, 6) is 0.751. The molecule has 4 heteroatoms. The van der Waals surface area contributed by atoms with Crippen LogP contribution in [-0.4, -0.2) is 26.3 Å². The van der Waals surface area contributed by atoms with Gasteiger partial charge in [-0.1, -0.05) is 0 Å². The van der Waals surface area contributed by atoms with Crippen LogP contribution in [0.5, 0.6) is 0 Å². The summed E-state index contributed by atoms with van der Waals surface area (Å²) in [7, 11) is 0. The van der Waals surface area contributed by atoms with Gasteiger partial charge in [-0.25, -0.2) is 0 Å². The van der Waals surface area contributed by atoms with E-state index in [1.807, 2.05) is 11.3 Å². The second kappa shape index (κ2) is 4.41. The van der Waals surface area contributed by atoms with Crippen molar-refractivity contribution in [1.82, 2.24) is 5.32 Å². The zero-order valence-electron chi connectivity index (χ0n) is 9.17. The quantitative estimate of drug-likeness (QED) is 0.907. The lowest BCUT2D eigenvalue weighted by molar-refractivity contribution is -0.0928. The molecule has 0 aromatic carbocycles. The first-order valence-electron chi connectivity index (χ1n) is 5.85. The molecule has 3 heterocycles. The zero-order chi connectivity index (χ0) is 11.0. The van der Waals surface area contributed by atoms with Crippen LogP contribution >= 0.6 is 27.3 Å². The Morgan fingerprint density at radius 3 is 2.81 bits per heavy atom. The number of hydrogen-bond donors (Lipinski definition) is 1. The molecule has 2 nitrogen and oxygen atoms in total. The first-order valence-corrected chi connectivity index (χ1v) is 7.46. The Balaban J connectivity index is 1.87. The van der Waals surface area contributed by atoms with Crippen molar-refractivity contribution in [3.63, 3.8) is 0 Å². The Kier molecular flexibility index (Phi) is 3.09. The van der Waals surface area contributed by atoms with Crippen LogP contribution < -0.4 is 5.32 Å². The van der Waals surface area contributed by atoms with E-state index in [1.165, 1.54) is 28.0 Å². The van der Waals surface area contributed by atoms with Crippen LogP contribution in [0.15, 0.2) is 15.9 Å². The molecule has 0 bridgehead atoms. The van der Waals surface area contributed by atoms with Crippen molar-refractivity contribution in [1.29, 1.82) is 0 Å². The van der Waals surface area contributed by atoms with Crippen molar-refractivity contribution in [2.24, 2.45) is 5.92 Å². The minimum Gasteiger partial charge on any atom is -0.379 e. The molecule has 1 unspecified atom stereocenters. The molecule has 3 rings (SSSR count). The maximum atomic E-state index is 5.52. The molecule has 2 fully saturated rings. The maximum Gasteiger partial charge on any atom is 0.0701 e. The van der Waals surface area contributed by atoms with E-state index in [4.69, 9.17) is 4.74 Å². The summed E-state index contributed by atoms with van der Waals surface area (Å²) < 4.78 is 6.75. The second-order valence-corrected chi connectivity index (χ2v) is 7.26. The molecule has 0 saturated carbocycles. The van der Waals surface area contributed by atoms with Gasteiger partial charge in [0.2, 0.25) is 0 Å². The third-order valence-corrected chi connectivity index (χ3v) is 5.71. The van der Waals surface area contributed by atoms with Crippen LogP contribution in [0.1, 0.15) is 17.7 Å². The highest BCUT2D eigenvalue weighted by Crippen LogP contribution is 2.45. The second-order valence-electron chi connectivity index (χ2n) is 4.80. The zero-order valence-corrected chi connectivity index (χ0v) is 11.6. The predicted octanol–water partition coefficient (Wildman–Crippen LogP) is 2.78. The number of nitrogens with one attached hydrogen (secondary N) is 1. The average molecular weight is 302 g/mol. The third kappa shape index (κ3) is 1.76. The molecule has 2 aliphatic heterocycles. The Hall–Kier alpha value is 0.1000. The van der Waals surface area contributed by atoms with Crippen LogP contribution in [0, 0.1) is 5.92 Å². The van der Waals surface area contributed by atoms with Crippen LogP contribution in [0.4, 0.5) is 0 Å². The van der Waals surface area contributed by atoms with Gasteiger partial charge in [0, 0.05) is 4.88 Å². The molecule has 2 saturated heterocycles. The van der Waals surface area contributed by atoms with E-state index in [-0.39, 0.29) is 0 Å². The van der Waals surface area contributed by atoms with E-state index in [1.54, 1.807) is 0 Å². The maximum absolute atomic E-state index is 5.52. The molecule has 88 valence electrons. The highest BCUT2D eigenvalue weighted by Gasteiger charge is 2.48. The Labute approximate surface area is 109 Å². The summed E-state index contributed by atoms with van der Waals surface area (Å²) >= 11 is 5.44. The average Bonchev–Trinajstić information content (AvgIpc) is 2.65. The summed E-state index contributed by atoms with van der Waals surface area (Å²) in [6, 6.07) is 4.43. The van der Waals surface area contributed by atoms with Gasteiger partial charge < -0.3 is 10.1 Å². The van der Waals surface area contributed by atoms with Crippen molar-refractivity contribution in [3.8, 4) is 0 Å². The third-order valence-electron chi connectivity index (χ3n) is 3.86. The molecule has 1 aromatic rings. The van der Waals surface area contributed by atoms with Gasteiger partial charge in [0.05, 0.1) is 22.4 Å². The number of hydrogen-bond acceptors (Lipinski definition) is 3. The Morgan fingerprint density at radius 1 is 1.44 bits per heavy atom. The molecular formula is C12H16BrNOS. The topological polar surface area (TPSA) is 21.3 Å². The summed E-state index contributed by atoms with van der Waals surface area (Å²) in [5, 5.41) is 3.52. The van der Waals surface area contributed by atoms with Gasteiger partial charge in [-0.15, -0.1) is 11.3 Å². The smallest absolute Gasteiger partial charge is 0.0701 e. The minimum absolute atomic E-state index is 0.310. The normalized spacial score (nSPS) is 28.7. The van der Waals surface area contributed by atoms with Crippen molar-refractivity contribution in [2.75, 3.05) is 26.3 Å². The van der Waals surface area contributed by atoms with Gasteiger partial charge in [0.15, 0.2) is 0 Å². The molecule has 2 aliphatic rings. The highest BCUT2D eigenvalue weighted by molar-refractivity contribution is 9.11. The molecule has 0 amide bonds. The van der Waals surface area contributed by atoms with Crippen molar-refractivity contribution >= 4 is 27.3 Å². The summed E-state index contributed by atoms with van der Waals surface area (Å²) in [4.78, 5) is 1.50. The lowest BCUT2D eigenvalue weighted by atomic mass is 9.69. The summed E-state index contributed by atoms with van der Waals surface area (Å²) in [5.41, 5.74) is 0.310. The number of halogens is 1. The lowest BCUT2D eigenvalue weighted by Gasteiger charge is -2.48. The molecule has 1 aromatic heterocycles. The monoisotopic (exact) mass is 301 g/mol. The number of ether oxygens (including phenoxy) is 1. The van der Waals surface area contributed by atoms with Gasteiger partial charge in [0.1, 0.15) is 0 Å². The lowest BCUT2D eigenvalue weighted by Crippen LogP contribution is -2.55. The SMILES string of the molecule is Brc1ccc(C2(C3CCCNC3)COC2)s1. The fourth-order valence-electron chi connectivity index (χ4n) is 2.81. The fourth-order valence-corrected chi connectivity index (χ4v) is 4.43. The summed E-state index contributed by atoms with van der Waals surface area (Å²) in [6.07, 6.45) is 2.64. The number of piperidine rings is 1. The molecule has 0 aliphatic carbocycles. The molecule has 0 radical (unpaired) electrons. The molecule has 1 N–H and O–H groups in total. The fraction of sp³-hybridized carbons (Fsp3) is 0.667. The van der Waals surface area contributed by atoms with E-state index in [0.717, 1.165) is 25.7 Å². The van der Waals surface area contributed by atoms with E-state index in [2.05, 4.69) is 33.4 Å². The van der Waals surface area contributed by atoms with Crippen LogP contribution in [-0.2, 0) is 10.2 Å². The highest BCUT2D eigenvalue weighted by atomic mass is 79.9. The van der Waals surface area contributed by atoms with Gasteiger partial charge in [-0.05, 0) is 59.9 Å². The van der Waals surface area contributed by atoms with Crippen molar-refractivity contribution in [2.45, 2.75) is 18.3 Å². The van der Waals surface area contributed by atoms with Crippen LogP contribution in [0.2, 0.25) is 0 Å². The van der Waals surface area contributed by atoms with Gasteiger partial charge in [-0.2, -0.15) is 0 Å². The molecular weight excluding hydrogens is 286 g/mol. The van der Waals surface area contributed by atoms with E-state index >= 15 is 0 Å². The largest absolute Gasteiger partial charge is 0.379 e.